The Hall–Kier alpha value is -2.70. The fourth-order valence-electron chi connectivity index (χ4n) is 1.45. The zero-order chi connectivity index (χ0) is 15.1. The summed E-state index contributed by atoms with van der Waals surface area (Å²) in [6.07, 6.45) is 0.417. The number of amides is 1. The third kappa shape index (κ3) is 4.52. The van der Waals surface area contributed by atoms with Crippen LogP contribution in [-0.2, 0) is 16.0 Å². The Labute approximate surface area is 115 Å². The molecule has 0 aromatic heterocycles. The van der Waals surface area contributed by atoms with Crippen LogP contribution in [0.25, 0.3) is 0 Å². The maximum absolute atomic E-state index is 11.3. The van der Waals surface area contributed by atoms with Gasteiger partial charge in [0.1, 0.15) is 12.6 Å². The molecular formula is C13H15NO6. The van der Waals surface area contributed by atoms with E-state index < -0.39 is 18.1 Å². The van der Waals surface area contributed by atoms with Gasteiger partial charge < -0.3 is 25.4 Å². The molecule has 1 unspecified atom stereocenters. The van der Waals surface area contributed by atoms with Crippen molar-refractivity contribution in [3.63, 3.8) is 0 Å². The highest BCUT2D eigenvalue weighted by molar-refractivity contribution is 5.80. The minimum absolute atomic E-state index is 0.0296. The minimum Gasteiger partial charge on any atom is -0.504 e. The van der Waals surface area contributed by atoms with E-state index in [2.05, 4.69) is 16.6 Å². The highest BCUT2D eigenvalue weighted by atomic mass is 16.5. The van der Waals surface area contributed by atoms with Gasteiger partial charge in [-0.05, 0) is 17.7 Å². The van der Waals surface area contributed by atoms with Crippen molar-refractivity contribution in [2.24, 2.45) is 0 Å². The van der Waals surface area contributed by atoms with Crippen molar-refractivity contribution in [1.29, 1.82) is 0 Å². The second-order valence-corrected chi connectivity index (χ2v) is 3.95. The van der Waals surface area contributed by atoms with Gasteiger partial charge in [0.2, 0.25) is 0 Å². The van der Waals surface area contributed by atoms with Gasteiger partial charge in [0, 0.05) is 6.42 Å². The molecule has 0 heterocycles. The van der Waals surface area contributed by atoms with E-state index in [1.165, 1.54) is 24.3 Å². The summed E-state index contributed by atoms with van der Waals surface area (Å²) in [5.74, 6) is -1.91. The van der Waals surface area contributed by atoms with Crippen molar-refractivity contribution in [2.45, 2.75) is 12.5 Å². The van der Waals surface area contributed by atoms with Crippen molar-refractivity contribution >= 4 is 12.1 Å². The van der Waals surface area contributed by atoms with E-state index in [-0.39, 0.29) is 24.5 Å². The van der Waals surface area contributed by atoms with Crippen LogP contribution < -0.4 is 5.32 Å². The molecule has 1 aromatic rings. The number of hydrogen-bond donors (Lipinski definition) is 4. The third-order valence-electron chi connectivity index (χ3n) is 2.40. The van der Waals surface area contributed by atoms with Crippen molar-refractivity contribution in [1.82, 2.24) is 5.32 Å². The first-order valence-electron chi connectivity index (χ1n) is 5.72. The summed E-state index contributed by atoms with van der Waals surface area (Å²) in [6, 6.07) is 2.69. The van der Waals surface area contributed by atoms with Crippen molar-refractivity contribution < 1.29 is 29.6 Å². The summed E-state index contributed by atoms with van der Waals surface area (Å²) in [5.41, 5.74) is 0.441. The number of phenolic OH excluding ortho intramolecular Hbond substituents is 2. The molecule has 108 valence electrons. The lowest BCUT2D eigenvalue weighted by atomic mass is 10.1. The molecule has 1 aromatic carbocycles. The zero-order valence-electron chi connectivity index (χ0n) is 10.6. The van der Waals surface area contributed by atoms with Crippen LogP contribution in [0.5, 0.6) is 11.5 Å². The first-order chi connectivity index (χ1) is 9.43. The Morgan fingerprint density at radius 2 is 2.05 bits per heavy atom. The van der Waals surface area contributed by atoms with Gasteiger partial charge in [0.15, 0.2) is 11.5 Å². The molecule has 0 saturated carbocycles. The van der Waals surface area contributed by atoms with Crippen LogP contribution in [0.3, 0.4) is 0 Å². The van der Waals surface area contributed by atoms with E-state index >= 15 is 0 Å². The molecule has 0 saturated heterocycles. The lowest BCUT2D eigenvalue weighted by molar-refractivity contribution is -0.139. The van der Waals surface area contributed by atoms with Gasteiger partial charge in [-0.1, -0.05) is 18.7 Å². The second-order valence-electron chi connectivity index (χ2n) is 3.95. The number of rotatable bonds is 6. The normalized spacial score (nSPS) is 11.4. The predicted molar refractivity (Wildman–Crippen MR) is 69.6 cm³/mol. The zero-order valence-corrected chi connectivity index (χ0v) is 10.6. The maximum Gasteiger partial charge on any atom is 0.408 e. The van der Waals surface area contributed by atoms with E-state index in [9.17, 15) is 14.7 Å². The first kappa shape index (κ1) is 15.4. The molecule has 1 rings (SSSR count). The molecule has 0 aliphatic heterocycles. The molecule has 0 aliphatic carbocycles. The predicted octanol–water partition coefficient (Wildman–Crippen LogP) is 1.01. The number of aromatic hydroxyl groups is 2. The highest BCUT2D eigenvalue weighted by Gasteiger charge is 2.21. The van der Waals surface area contributed by atoms with Crippen LogP contribution in [0.4, 0.5) is 4.79 Å². The Morgan fingerprint density at radius 1 is 1.35 bits per heavy atom. The summed E-state index contributed by atoms with van der Waals surface area (Å²) in [6.45, 7) is 3.33. The number of carbonyl (C=O) groups excluding carboxylic acids is 1. The lowest BCUT2D eigenvalue weighted by Crippen LogP contribution is -2.42. The Balaban J connectivity index is 2.71. The Kier molecular flexibility index (Phi) is 5.40. The third-order valence-corrected chi connectivity index (χ3v) is 2.40. The molecule has 1 atom stereocenters. The summed E-state index contributed by atoms with van der Waals surface area (Å²) in [4.78, 5) is 22.4. The SMILES string of the molecule is C=CCOC(=O)NC(Cc1ccc(O)c(O)c1)C(=O)O. The number of carboxylic acid groups (broad SMARTS) is 1. The van der Waals surface area contributed by atoms with Gasteiger partial charge in [0.05, 0.1) is 0 Å². The number of hydrogen-bond acceptors (Lipinski definition) is 5. The average molecular weight is 281 g/mol. The summed E-state index contributed by atoms with van der Waals surface area (Å²) in [5, 5.41) is 29.7. The van der Waals surface area contributed by atoms with E-state index in [1.54, 1.807) is 0 Å². The van der Waals surface area contributed by atoms with E-state index in [1.807, 2.05) is 0 Å². The summed E-state index contributed by atoms with van der Waals surface area (Å²) >= 11 is 0. The molecule has 0 spiro atoms. The van der Waals surface area contributed by atoms with Gasteiger partial charge >= 0.3 is 12.1 Å². The Bertz CT molecular complexity index is 514. The van der Waals surface area contributed by atoms with Gasteiger partial charge in [-0.2, -0.15) is 0 Å². The molecule has 0 aliphatic rings. The average Bonchev–Trinajstić information content (AvgIpc) is 2.39. The van der Waals surface area contributed by atoms with Crippen molar-refractivity contribution in [3.05, 3.63) is 36.4 Å². The number of ether oxygens (including phenoxy) is 1. The summed E-state index contributed by atoms with van der Waals surface area (Å²) < 4.78 is 4.63. The quantitative estimate of drug-likeness (QED) is 0.456. The number of nitrogens with one attached hydrogen (secondary N) is 1. The van der Waals surface area contributed by atoms with Crippen LogP contribution in [0, 0.1) is 0 Å². The van der Waals surface area contributed by atoms with Crippen LogP contribution in [0.15, 0.2) is 30.9 Å². The van der Waals surface area contributed by atoms with Crippen LogP contribution >= 0.6 is 0 Å². The monoisotopic (exact) mass is 281 g/mol. The van der Waals surface area contributed by atoms with Crippen LogP contribution in [0.1, 0.15) is 5.56 Å². The number of alkyl carbamates (subject to hydrolysis) is 1. The fourth-order valence-corrected chi connectivity index (χ4v) is 1.45. The van der Waals surface area contributed by atoms with Gasteiger partial charge in [-0.3, -0.25) is 0 Å². The molecule has 0 bridgehead atoms. The number of benzene rings is 1. The lowest BCUT2D eigenvalue weighted by Gasteiger charge is -2.14. The highest BCUT2D eigenvalue weighted by Crippen LogP contribution is 2.25. The van der Waals surface area contributed by atoms with Gasteiger partial charge in [-0.15, -0.1) is 0 Å². The standard InChI is InChI=1S/C13H15NO6/c1-2-5-20-13(19)14-9(12(17)18)6-8-3-4-10(15)11(16)7-8/h2-4,7,9,15-16H,1,5-6H2,(H,14,19)(H,17,18). The first-order valence-corrected chi connectivity index (χ1v) is 5.72. The summed E-state index contributed by atoms with van der Waals surface area (Å²) in [7, 11) is 0. The number of carboxylic acids is 1. The molecule has 0 radical (unpaired) electrons. The van der Waals surface area contributed by atoms with Crippen molar-refractivity contribution in [3.8, 4) is 11.5 Å². The largest absolute Gasteiger partial charge is 0.504 e. The minimum atomic E-state index is -1.24. The number of aliphatic carboxylic acids is 1. The van der Waals surface area contributed by atoms with Gasteiger partial charge in [0.25, 0.3) is 0 Å². The van der Waals surface area contributed by atoms with Crippen LogP contribution in [-0.4, -0.2) is 40.0 Å². The maximum atomic E-state index is 11.3. The second kappa shape index (κ2) is 7.03. The van der Waals surface area contributed by atoms with E-state index in [0.717, 1.165) is 0 Å². The molecule has 7 heteroatoms. The van der Waals surface area contributed by atoms with Crippen LogP contribution in [0.2, 0.25) is 0 Å². The molecule has 20 heavy (non-hydrogen) atoms. The topological polar surface area (TPSA) is 116 Å². The molecular weight excluding hydrogens is 266 g/mol. The molecule has 1 amide bonds. The van der Waals surface area contributed by atoms with Gasteiger partial charge in [-0.25, -0.2) is 9.59 Å². The van der Waals surface area contributed by atoms with Crippen molar-refractivity contribution in [2.75, 3.05) is 6.61 Å². The fraction of sp³-hybridized carbons (Fsp3) is 0.231. The number of carbonyl (C=O) groups is 2. The Morgan fingerprint density at radius 3 is 2.60 bits per heavy atom. The number of phenols is 2. The van der Waals surface area contributed by atoms with E-state index in [4.69, 9.17) is 10.2 Å². The molecule has 7 nitrogen and oxygen atoms in total. The molecule has 4 N–H and O–H groups in total. The smallest absolute Gasteiger partial charge is 0.408 e. The van der Waals surface area contributed by atoms with E-state index in [0.29, 0.717) is 5.56 Å². The molecule has 0 fully saturated rings.